The Hall–Kier alpha value is -2.27. The molecule has 18 heavy (non-hydrogen) atoms. The molecule has 2 rings (SSSR count). The topological polar surface area (TPSA) is 69.9 Å². The number of hydrogen-bond acceptors (Lipinski definition) is 5. The quantitative estimate of drug-likeness (QED) is 0.792. The first kappa shape index (κ1) is 12.2. The highest BCUT2D eigenvalue weighted by molar-refractivity contribution is 5.44. The van der Waals surface area contributed by atoms with Crippen molar-refractivity contribution in [3.8, 4) is 0 Å². The maximum atomic E-state index is 8.67. The van der Waals surface area contributed by atoms with Gasteiger partial charge in [0.15, 0.2) is 0 Å². The summed E-state index contributed by atoms with van der Waals surface area (Å²) in [5.41, 5.74) is 1.49. The summed E-state index contributed by atoms with van der Waals surface area (Å²) in [6, 6.07) is 13.1. The van der Waals surface area contributed by atoms with Gasteiger partial charge in [-0.2, -0.15) is 5.11 Å². The van der Waals surface area contributed by atoms with E-state index >= 15 is 0 Å². The van der Waals surface area contributed by atoms with E-state index in [2.05, 4.69) is 20.5 Å². The van der Waals surface area contributed by atoms with Crippen molar-refractivity contribution in [1.82, 2.24) is 4.98 Å². The van der Waals surface area contributed by atoms with Gasteiger partial charge in [-0.15, -0.1) is 5.11 Å². The normalized spacial score (nSPS) is 10.7. The average molecular weight is 242 g/mol. The van der Waals surface area contributed by atoms with E-state index in [9.17, 15) is 0 Å². The third-order valence-corrected chi connectivity index (χ3v) is 2.20. The van der Waals surface area contributed by atoms with Gasteiger partial charge in [-0.25, -0.2) is 4.98 Å². The second-order valence-corrected chi connectivity index (χ2v) is 3.59. The number of nitrogens with zero attached hydrogens (tertiary/aromatic N) is 3. The van der Waals surface area contributed by atoms with E-state index in [0.717, 1.165) is 5.69 Å². The van der Waals surface area contributed by atoms with Crippen LogP contribution in [0.1, 0.15) is 0 Å². The Morgan fingerprint density at radius 3 is 2.44 bits per heavy atom. The highest BCUT2D eigenvalue weighted by atomic mass is 16.3. The smallest absolute Gasteiger partial charge is 0.126 e. The molecule has 0 spiro atoms. The van der Waals surface area contributed by atoms with Crippen LogP contribution >= 0.6 is 0 Å². The van der Waals surface area contributed by atoms with Gasteiger partial charge in [-0.3, -0.25) is 0 Å². The zero-order chi connectivity index (χ0) is 12.6. The summed E-state index contributed by atoms with van der Waals surface area (Å²) in [5, 5.41) is 19.8. The second-order valence-electron chi connectivity index (χ2n) is 3.59. The summed E-state index contributed by atoms with van der Waals surface area (Å²) >= 11 is 0. The summed E-state index contributed by atoms with van der Waals surface area (Å²) in [6.07, 6.45) is 1.63. The number of aromatic nitrogens is 1. The fourth-order valence-electron chi connectivity index (χ4n) is 1.34. The van der Waals surface area contributed by atoms with Gasteiger partial charge in [-0.05, 0) is 24.3 Å². The van der Waals surface area contributed by atoms with Crippen LogP contribution in [0.15, 0.2) is 58.9 Å². The molecule has 0 amide bonds. The van der Waals surface area contributed by atoms with Gasteiger partial charge in [0.2, 0.25) is 0 Å². The molecule has 1 heterocycles. The van der Waals surface area contributed by atoms with Crippen molar-refractivity contribution in [2.75, 3.05) is 18.5 Å². The van der Waals surface area contributed by atoms with Crippen LogP contribution in [0, 0.1) is 0 Å². The van der Waals surface area contributed by atoms with Gasteiger partial charge in [0, 0.05) is 6.54 Å². The summed E-state index contributed by atoms with van der Waals surface area (Å²) in [6.45, 7) is 0.565. The molecule has 2 aromatic rings. The van der Waals surface area contributed by atoms with Gasteiger partial charge < -0.3 is 10.4 Å². The highest BCUT2D eigenvalue weighted by Gasteiger charge is 1.94. The van der Waals surface area contributed by atoms with Gasteiger partial charge >= 0.3 is 0 Å². The Kier molecular flexibility index (Phi) is 4.38. The largest absolute Gasteiger partial charge is 0.395 e. The number of aliphatic hydroxyl groups is 1. The molecule has 92 valence electrons. The lowest BCUT2D eigenvalue weighted by Crippen LogP contribution is -2.06. The van der Waals surface area contributed by atoms with Gasteiger partial charge in [0.25, 0.3) is 0 Å². The van der Waals surface area contributed by atoms with Crippen LogP contribution in [0.25, 0.3) is 0 Å². The van der Waals surface area contributed by atoms with Gasteiger partial charge in [-0.1, -0.05) is 18.2 Å². The van der Waals surface area contributed by atoms with Crippen molar-refractivity contribution in [3.05, 3.63) is 48.7 Å². The number of benzene rings is 1. The number of hydrogen-bond donors (Lipinski definition) is 2. The number of anilines is 1. The van der Waals surface area contributed by atoms with Crippen LogP contribution in [0.5, 0.6) is 0 Å². The second kappa shape index (κ2) is 6.46. The van der Waals surface area contributed by atoms with Crippen LogP contribution in [-0.2, 0) is 0 Å². The number of rotatable bonds is 5. The fraction of sp³-hybridized carbons (Fsp3) is 0.154. The van der Waals surface area contributed by atoms with Crippen LogP contribution in [0.3, 0.4) is 0 Å². The third-order valence-electron chi connectivity index (χ3n) is 2.20. The lowest BCUT2D eigenvalue weighted by Gasteiger charge is -2.02. The predicted molar refractivity (Wildman–Crippen MR) is 70.4 cm³/mol. The van der Waals surface area contributed by atoms with Crippen LogP contribution in [0.4, 0.5) is 17.2 Å². The summed E-state index contributed by atoms with van der Waals surface area (Å²) in [4.78, 5) is 4.15. The first-order valence-electron chi connectivity index (χ1n) is 5.66. The molecule has 1 aromatic carbocycles. The molecule has 0 aliphatic heterocycles. The van der Waals surface area contributed by atoms with Crippen LogP contribution < -0.4 is 5.32 Å². The van der Waals surface area contributed by atoms with Crippen LogP contribution in [0.2, 0.25) is 0 Å². The van der Waals surface area contributed by atoms with Crippen molar-refractivity contribution in [2.24, 2.45) is 10.2 Å². The van der Waals surface area contributed by atoms with Crippen molar-refractivity contribution in [3.63, 3.8) is 0 Å². The van der Waals surface area contributed by atoms with Gasteiger partial charge in [0.1, 0.15) is 11.5 Å². The molecule has 0 unspecified atom stereocenters. The molecular formula is C13H14N4O. The third kappa shape index (κ3) is 3.64. The molecule has 0 bridgehead atoms. The first-order chi connectivity index (χ1) is 8.88. The maximum absolute atomic E-state index is 8.67. The SMILES string of the molecule is OCCNc1ccc(N=Nc2ccccc2)cn1. The van der Waals surface area contributed by atoms with Crippen molar-refractivity contribution in [1.29, 1.82) is 0 Å². The fourth-order valence-corrected chi connectivity index (χ4v) is 1.34. The number of pyridine rings is 1. The van der Waals surface area contributed by atoms with E-state index < -0.39 is 0 Å². The maximum Gasteiger partial charge on any atom is 0.126 e. The Labute approximate surface area is 105 Å². The summed E-state index contributed by atoms with van der Waals surface area (Å²) < 4.78 is 0. The molecular weight excluding hydrogens is 228 g/mol. The molecule has 0 radical (unpaired) electrons. The van der Waals surface area contributed by atoms with Crippen molar-refractivity contribution >= 4 is 17.2 Å². The Bertz CT molecular complexity index is 496. The monoisotopic (exact) mass is 242 g/mol. The van der Waals surface area contributed by atoms with Crippen LogP contribution in [-0.4, -0.2) is 23.2 Å². The zero-order valence-corrected chi connectivity index (χ0v) is 9.82. The number of aliphatic hydroxyl groups excluding tert-OH is 1. The minimum atomic E-state index is 0.0805. The molecule has 0 fully saturated rings. The molecule has 0 saturated heterocycles. The van der Waals surface area contributed by atoms with E-state index in [1.807, 2.05) is 36.4 Å². The minimum absolute atomic E-state index is 0.0805. The Morgan fingerprint density at radius 2 is 1.78 bits per heavy atom. The molecule has 0 atom stereocenters. The van der Waals surface area contributed by atoms with E-state index in [1.165, 1.54) is 0 Å². The summed E-state index contributed by atoms with van der Waals surface area (Å²) in [7, 11) is 0. The molecule has 0 aliphatic carbocycles. The van der Waals surface area contributed by atoms with Crippen molar-refractivity contribution in [2.45, 2.75) is 0 Å². The Balaban J connectivity index is 2.00. The molecule has 0 aliphatic rings. The molecule has 0 saturated carbocycles. The number of azo groups is 1. The Morgan fingerprint density at radius 1 is 1.00 bits per heavy atom. The van der Waals surface area contributed by atoms with Gasteiger partial charge in [0.05, 0.1) is 18.5 Å². The molecule has 2 N–H and O–H groups in total. The van der Waals surface area contributed by atoms with E-state index in [4.69, 9.17) is 5.11 Å². The predicted octanol–water partition coefficient (Wildman–Crippen LogP) is 2.90. The lowest BCUT2D eigenvalue weighted by molar-refractivity contribution is 0.311. The molecule has 5 heteroatoms. The van der Waals surface area contributed by atoms with E-state index in [-0.39, 0.29) is 6.61 Å². The molecule has 5 nitrogen and oxygen atoms in total. The molecule has 1 aromatic heterocycles. The number of nitrogens with one attached hydrogen (secondary N) is 1. The highest BCUT2D eigenvalue weighted by Crippen LogP contribution is 2.17. The van der Waals surface area contributed by atoms with E-state index in [0.29, 0.717) is 18.1 Å². The standard InChI is InChI=1S/C13H14N4O/c18-9-8-14-13-7-6-12(10-15-13)17-16-11-4-2-1-3-5-11/h1-7,10,18H,8-9H2,(H,14,15). The first-order valence-corrected chi connectivity index (χ1v) is 5.66. The lowest BCUT2D eigenvalue weighted by atomic mass is 10.3. The van der Waals surface area contributed by atoms with E-state index in [1.54, 1.807) is 12.3 Å². The average Bonchev–Trinajstić information content (AvgIpc) is 2.45. The summed E-state index contributed by atoms with van der Waals surface area (Å²) in [5.74, 6) is 0.711. The van der Waals surface area contributed by atoms with Crippen molar-refractivity contribution < 1.29 is 5.11 Å². The zero-order valence-electron chi connectivity index (χ0n) is 9.82. The minimum Gasteiger partial charge on any atom is -0.395 e.